The molecule has 25 heavy (non-hydrogen) atoms. The molecule has 130 valence electrons. The molecule has 1 atom stereocenters. The van der Waals surface area contributed by atoms with Crippen molar-refractivity contribution >= 4 is 33.4 Å². The van der Waals surface area contributed by atoms with Crippen LogP contribution in [0.15, 0.2) is 58.4 Å². The Labute approximate surface area is 151 Å². The van der Waals surface area contributed by atoms with Gasteiger partial charge >= 0.3 is 0 Å². The van der Waals surface area contributed by atoms with E-state index in [-0.39, 0.29) is 29.2 Å². The fourth-order valence-electron chi connectivity index (χ4n) is 2.55. The van der Waals surface area contributed by atoms with Gasteiger partial charge in [0.15, 0.2) is 0 Å². The highest BCUT2D eigenvalue weighted by atomic mass is 35.5. The summed E-state index contributed by atoms with van der Waals surface area (Å²) in [6, 6.07) is 13.5. The molecule has 3 rings (SSSR count). The highest BCUT2D eigenvalue weighted by molar-refractivity contribution is 7.90. The molecular weight excluding hydrogens is 362 g/mol. The zero-order chi connectivity index (χ0) is 18.0. The number of rotatable bonds is 4. The fraction of sp³-hybridized carbons (Fsp3) is 0.176. The highest BCUT2D eigenvalue weighted by Crippen LogP contribution is 2.22. The Morgan fingerprint density at radius 2 is 2.00 bits per heavy atom. The van der Waals surface area contributed by atoms with Crippen LogP contribution in [-0.4, -0.2) is 26.7 Å². The maximum Gasteiger partial charge on any atom is 0.263 e. The first-order chi connectivity index (χ1) is 11.9. The monoisotopic (exact) mass is 377 g/mol. The predicted molar refractivity (Wildman–Crippen MR) is 96.2 cm³/mol. The Hall–Kier alpha value is -2.38. The maximum atomic E-state index is 12.1. The van der Waals surface area contributed by atoms with Gasteiger partial charge in [0.25, 0.3) is 10.0 Å². The second-order valence-corrected chi connectivity index (χ2v) is 7.70. The van der Waals surface area contributed by atoms with Crippen LogP contribution in [0.3, 0.4) is 0 Å². The Bertz CT molecular complexity index is 957. The summed E-state index contributed by atoms with van der Waals surface area (Å²) in [6.07, 6.45) is 0. The van der Waals surface area contributed by atoms with E-state index in [9.17, 15) is 13.2 Å². The van der Waals surface area contributed by atoms with E-state index in [1.807, 2.05) is 19.1 Å². The van der Waals surface area contributed by atoms with Crippen molar-refractivity contribution in [1.82, 2.24) is 10.0 Å². The van der Waals surface area contributed by atoms with Crippen LogP contribution < -0.4 is 10.0 Å². The van der Waals surface area contributed by atoms with E-state index >= 15 is 0 Å². The summed E-state index contributed by atoms with van der Waals surface area (Å²) < 4.78 is 26.4. The van der Waals surface area contributed by atoms with Crippen molar-refractivity contribution in [3.05, 3.63) is 64.7 Å². The summed E-state index contributed by atoms with van der Waals surface area (Å²) in [7, 11) is -3.60. The van der Waals surface area contributed by atoms with Crippen LogP contribution in [0.4, 0.5) is 0 Å². The van der Waals surface area contributed by atoms with Gasteiger partial charge in [0, 0.05) is 10.6 Å². The molecule has 2 aromatic rings. The molecule has 0 spiro atoms. The van der Waals surface area contributed by atoms with Crippen molar-refractivity contribution in [1.29, 1.82) is 0 Å². The van der Waals surface area contributed by atoms with Gasteiger partial charge in [-0.1, -0.05) is 35.9 Å². The first-order valence-electron chi connectivity index (χ1n) is 7.58. The minimum Gasteiger partial charge on any atom is -0.348 e. The van der Waals surface area contributed by atoms with Crippen LogP contribution in [-0.2, 0) is 14.8 Å². The Kier molecular flexibility index (Phi) is 4.78. The van der Waals surface area contributed by atoms with E-state index in [0.29, 0.717) is 10.6 Å². The van der Waals surface area contributed by atoms with Gasteiger partial charge < -0.3 is 5.32 Å². The molecule has 6 nitrogen and oxygen atoms in total. The van der Waals surface area contributed by atoms with E-state index in [1.165, 1.54) is 6.07 Å². The molecule has 1 aliphatic heterocycles. The van der Waals surface area contributed by atoms with Crippen molar-refractivity contribution in [3.63, 3.8) is 0 Å². The number of halogens is 1. The van der Waals surface area contributed by atoms with Crippen LogP contribution in [0, 0.1) is 0 Å². The molecule has 2 aromatic carbocycles. The van der Waals surface area contributed by atoms with Gasteiger partial charge in [0.1, 0.15) is 12.4 Å². The van der Waals surface area contributed by atoms with E-state index in [0.717, 1.165) is 5.56 Å². The topological polar surface area (TPSA) is 87.6 Å². The Balaban J connectivity index is 1.69. The lowest BCUT2D eigenvalue weighted by Crippen LogP contribution is -2.30. The maximum absolute atomic E-state index is 12.1. The molecule has 8 heteroatoms. The number of nitrogens with zero attached hydrogens (tertiary/aromatic N) is 1. The number of carbonyl (C=O) groups is 1. The highest BCUT2D eigenvalue weighted by Gasteiger charge is 2.30. The van der Waals surface area contributed by atoms with Gasteiger partial charge in [-0.25, -0.2) is 8.42 Å². The third kappa shape index (κ3) is 3.83. The predicted octanol–water partition coefficient (Wildman–Crippen LogP) is 2.26. The molecule has 2 N–H and O–H groups in total. The fourth-order valence-corrected chi connectivity index (χ4v) is 4.00. The molecule has 1 unspecified atom stereocenters. The second-order valence-electron chi connectivity index (χ2n) is 5.61. The van der Waals surface area contributed by atoms with Crippen LogP contribution in [0.25, 0.3) is 0 Å². The lowest BCUT2D eigenvalue weighted by Gasteiger charge is -2.14. The first kappa shape index (κ1) is 17.4. The SMILES string of the molecule is CC(NC(=O)CN=C1NS(=O)(=O)c2ccccc21)c1cccc(Cl)c1. The van der Waals surface area contributed by atoms with Gasteiger partial charge in [0.2, 0.25) is 5.91 Å². The van der Waals surface area contributed by atoms with Crippen molar-refractivity contribution in [3.8, 4) is 0 Å². The molecule has 0 aromatic heterocycles. The molecule has 0 fully saturated rings. The summed E-state index contributed by atoms with van der Waals surface area (Å²) in [5.74, 6) is -0.135. The number of amidine groups is 1. The molecule has 1 aliphatic rings. The third-order valence-corrected chi connectivity index (χ3v) is 5.40. The summed E-state index contributed by atoms with van der Waals surface area (Å²) in [5.41, 5.74) is 1.35. The van der Waals surface area contributed by atoms with Crippen molar-refractivity contribution in [2.24, 2.45) is 4.99 Å². The third-order valence-electron chi connectivity index (χ3n) is 3.77. The van der Waals surface area contributed by atoms with E-state index in [4.69, 9.17) is 11.6 Å². The molecular formula is C17H16ClN3O3S. The lowest BCUT2D eigenvalue weighted by atomic mass is 10.1. The first-order valence-corrected chi connectivity index (χ1v) is 9.44. The van der Waals surface area contributed by atoms with Crippen LogP contribution in [0.5, 0.6) is 0 Å². The normalized spacial score (nSPS) is 17.6. The molecule has 0 saturated heterocycles. The number of hydrogen-bond acceptors (Lipinski definition) is 4. The number of aliphatic imine (C=N–C) groups is 1. The van der Waals surface area contributed by atoms with Crippen LogP contribution in [0.2, 0.25) is 5.02 Å². The zero-order valence-electron chi connectivity index (χ0n) is 13.4. The largest absolute Gasteiger partial charge is 0.348 e. The van der Waals surface area contributed by atoms with E-state index in [1.54, 1.807) is 30.3 Å². The number of sulfonamides is 1. The summed E-state index contributed by atoms with van der Waals surface area (Å²) in [5, 5.41) is 3.40. The van der Waals surface area contributed by atoms with Gasteiger partial charge in [-0.15, -0.1) is 0 Å². The number of hydrogen-bond donors (Lipinski definition) is 2. The standard InChI is InChI=1S/C17H16ClN3O3S/c1-11(12-5-4-6-13(18)9-12)20-16(22)10-19-17-14-7-2-3-8-15(14)25(23,24)21-17/h2-9,11H,10H2,1H3,(H,19,21)(H,20,22). The van der Waals surface area contributed by atoms with Crippen molar-refractivity contribution < 1.29 is 13.2 Å². The molecule has 0 aliphatic carbocycles. The summed E-state index contributed by atoms with van der Waals surface area (Å²) >= 11 is 5.95. The molecule has 0 radical (unpaired) electrons. The van der Waals surface area contributed by atoms with Crippen LogP contribution in [0.1, 0.15) is 24.1 Å². The Morgan fingerprint density at radius 1 is 1.24 bits per heavy atom. The van der Waals surface area contributed by atoms with Crippen LogP contribution >= 0.6 is 11.6 Å². The van der Waals surface area contributed by atoms with Crippen molar-refractivity contribution in [2.75, 3.05) is 6.54 Å². The van der Waals surface area contributed by atoms with Gasteiger partial charge in [-0.05, 0) is 36.8 Å². The number of carbonyl (C=O) groups excluding carboxylic acids is 1. The average Bonchev–Trinajstić information content (AvgIpc) is 2.84. The average molecular weight is 378 g/mol. The second kappa shape index (κ2) is 6.85. The Morgan fingerprint density at radius 3 is 2.76 bits per heavy atom. The number of fused-ring (bicyclic) bond motifs is 1. The summed E-state index contributed by atoms with van der Waals surface area (Å²) in [6.45, 7) is 1.65. The van der Waals surface area contributed by atoms with Crippen molar-refractivity contribution in [2.45, 2.75) is 17.9 Å². The van der Waals surface area contributed by atoms with E-state index in [2.05, 4.69) is 15.0 Å². The number of benzene rings is 2. The quantitative estimate of drug-likeness (QED) is 0.856. The number of nitrogens with one attached hydrogen (secondary N) is 2. The van der Waals surface area contributed by atoms with E-state index < -0.39 is 10.0 Å². The minimum absolute atomic E-state index is 0.168. The summed E-state index contributed by atoms with van der Waals surface area (Å²) in [4.78, 5) is 16.4. The molecule has 0 bridgehead atoms. The minimum atomic E-state index is -3.60. The molecule has 1 heterocycles. The lowest BCUT2D eigenvalue weighted by molar-refractivity contribution is -0.120. The van der Waals surface area contributed by atoms with Gasteiger partial charge in [-0.2, -0.15) is 0 Å². The van der Waals surface area contributed by atoms with Gasteiger partial charge in [-0.3, -0.25) is 14.5 Å². The zero-order valence-corrected chi connectivity index (χ0v) is 14.9. The van der Waals surface area contributed by atoms with Gasteiger partial charge in [0.05, 0.1) is 10.9 Å². The smallest absolute Gasteiger partial charge is 0.263 e. The number of amides is 1. The molecule has 0 saturated carbocycles. The molecule has 1 amide bonds.